The molecule has 0 bridgehead atoms. The standard InChI is InChI=1S/C18H22ClFN6O2/c19-14-7-12(3-6-15(14)20)9-23-18-24-10-16(26(27)28)17(25-18)22-8-11-1-4-13(21)5-2-11/h3,6-7,10-11,13H,1-2,4-5,8-9,21H2,(H2,22,23,24,25). The van der Waals surface area contributed by atoms with E-state index in [1.54, 1.807) is 6.07 Å². The molecule has 0 saturated heterocycles. The molecule has 10 heteroatoms. The number of hydrogen-bond acceptors (Lipinski definition) is 7. The topological polar surface area (TPSA) is 119 Å². The van der Waals surface area contributed by atoms with Gasteiger partial charge >= 0.3 is 5.69 Å². The smallest absolute Gasteiger partial charge is 0.329 e. The van der Waals surface area contributed by atoms with Crippen molar-refractivity contribution in [2.24, 2.45) is 11.7 Å². The second kappa shape index (κ2) is 9.11. The maximum Gasteiger partial charge on any atom is 0.329 e. The quantitative estimate of drug-likeness (QED) is 0.471. The number of benzene rings is 1. The minimum atomic E-state index is -0.511. The molecule has 0 amide bonds. The van der Waals surface area contributed by atoms with Crippen molar-refractivity contribution in [2.45, 2.75) is 38.3 Å². The summed E-state index contributed by atoms with van der Waals surface area (Å²) >= 11 is 5.77. The third kappa shape index (κ3) is 5.26. The summed E-state index contributed by atoms with van der Waals surface area (Å²) in [5.74, 6) is 0.327. The second-order valence-electron chi connectivity index (χ2n) is 6.95. The van der Waals surface area contributed by atoms with Crippen LogP contribution in [0.25, 0.3) is 0 Å². The number of rotatable bonds is 7. The molecule has 2 aromatic rings. The maximum atomic E-state index is 13.2. The van der Waals surface area contributed by atoms with Crippen molar-refractivity contribution in [3.05, 3.63) is 50.9 Å². The molecule has 3 rings (SSSR count). The molecule has 0 unspecified atom stereocenters. The average molecular weight is 409 g/mol. The van der Waals surface area contributed by atoms with Crippen LogP contribution < -0.4 is 16.4 Å². The highest BCUT2D eigenvalue weighted by Crippen LogP contribution is 2.26. The van der Waals surface area contributed by atoms with Crippen molar-refractivity contribution >= 4 is 29.1 Å². The van der Waals surface area contributed by atoms with Crippen LogP contribution in [0.5, 0.6) is 0 Å². The van der Waals surface area contributed by atoms with E-state index in [0.717, 1.165) is 31.2 Å². The Bertz CT molecular complexity index is 845. The molecule has 1 fully saturated rings. The molecule has 0 spiro atoms. The van der Waals surface area contributed by atoms with Gasteiger partial charge in [0, 0.05) is 19.1 Å². The number of halogens is 2. The molecule has 1 aromatic carbocycles. The third-order valence-corrected chi connectivity index (χ3v) is 5.14. The normalized spacial score (nSPS) is 19.2. The van der Waals surface area contributed by atoms with Gasteiger partial charge in [-0.1, -0.05) is 17.7 Å². The van der Waals surface area contributed by atoms with E-state index >= 15 is 0 Å². The van der Waals surface area contributed by atoms with E-state index in [0.29, 0.717) is 19.0 Å². The summed E-state index contributed by atoms with van der Waals surface area (Å²) in [4.78, 5) is 19.0. The fraction of sp³-hybridized carbons (Fsp3) is 0.444. The van der Waals surface area contributed by atoms with Gasteiger partial charge in [-0.15, -0.1) is 0 Å². The zero-order chi connectivity index (χ0) is 20.1. The lowest BCUT2D eigenvalue weighted by atomic mass is 9.86. The molecular formula is C18H22ClFN6O2. The molecule has 28 heavy (non-hydrogen) atoms. The first-order valence-electron chi connectivity index (χ1n) is 9.11. The van der Waals surface area contributed by atoms with E-state index in [2.05, 4.69) is 20.6 Å². The number of nitrogens with zero attached hydrogens (tertiary/aromatic N) is 3. The third-order valence-electron chi connectivity index (χ3n) is 4.85. The number of nitrogens with one attached hydrogen (secondary N) is 2. The Hall–Kier alpha value is -2.52. The summed E-state index contributed by atoms with van der Waals surface area (Å²) in [6.45, 7) is 0.898. The van der Waals surface area contributed by atoms with Crippen molar-refractivity contribution in [1.29, 1.82) is 0 Å². The maximum absolute atomic E-state index is 13.2. The number of nitro groups is 1. The van der Waals surface area contributed by atoms with Crippen LogP contribution in [0.2, 0.25) is 5.02 Å². The zero-order valence-electron chi connectivity index (χ0n) is 15.2. The monoisotopic (exact) mass is 408 g/mol. The van der Waals surface area contributed by atoms with Crippen molar-refractivity contribution in [3.8, 4) is 0 Å². The molecule has 150 valence electrons. The minimum absolute atomic E-state index is 0.0264. The Morgan fingerprint density at radius 3 is 2.71 bits per heavy atom. The van der Waals surface area contributed by atoms with Gasteiger partial charge in [0.2, 0.25) is 11.8 Å². The van der Waals surface area contributed by atoms with Crippen molar-refractivity contribution < 1.29 is 9.31 Å². The summed E-state index contributed by atoms with van der Waals surface area (Å²) in [6.07, 6.45) is 5.08. The molecule has 1 heterocycles. The van der Waals surface area contributed by atoms with E-state index in [1.165, 1.54) is 18.3 Å². The molecule has 1 aliphatic rings. The summed E-state index contributed by atoms with van der Waals surface area (Å²) in [7, 11) is 0. The van der Waals surface area contributed by atoms with Gasteiger partial charge in [-0.25, -0.2) is 9.37 Å². The van der Waals surface area contributed by atoms with Gasteiger partial charge in [-0.2, -0.15) is 4.98 Å². The van der Waals surface area contributed by atoms with Crippen LogP contribution >= 0.6 is 11.6 Å². The van der Waals surface area contributed by atoms with E-state index < -0.39 is 10.7 Å². The Labute approximate surface area is 166 Å². The fourth-order valence-corrected chi connectivity index (χ4v) is 3.39. The van der Waals surface area contributed by atoms with Gasteiger partial charge in [0.25, 0.3) is 0 Å². The number of nitrogens with two attached hydrogens (primary N) is 1. The van der Waals surface area contributed by atoms with Crippen molar-refractivity contribution in [3.63, 3.8) is 0 Å². The lowest BCUT2D eigenvalue weighted by Crippen LogP contribution is -2.29. The van der Waals surface area contributed by atoms with Gasteiger partial charge in [0.15, 0.2) is 0 Å². The van der Waals surface area contributed by atoms with E-state index in [9.17, 15) is 14.5 Å². The largest absolute Gasteiger partial charge is 0.364 e. The Balaban J connectivity index is 1.66. The Morgan fingerprint density at radius 1 is 1.29 bits per heavy atom. The molecular weight excluding hydrogens is 387 g/mol. The van der Waals surface area contributed by atoms with Gasteiger partial charge < -0.3 is 16.4 Å². The first-order valence-corrected chi connectivity index (χ1v) is 9.49. The highest BCUT2D eigenvalue weighted by Gasteiger charge is 2.21. The van der Waals surface area contributed by atoms with Gasteiger partial charge in [-0.3, -0.25) is 10.1 Å². The van der Waals surface area contributed by atoms with Gasteiger partial charge in [0.05, 0.1) is 9.95 Å². The first-order chi connectivity index (χ1) is 13.4. The van der Waals surface area contributed by atoms with Crippen molar-refractivity contribution in [1.82, 2.24) is 9.97 Å². The van der Waals surface area contributed by atoms with Crippen LogP contribution in [0.4, 0.5) is 21.8 Å². The van der Waals surface area contributed by atoms with Crippen LogP contribution in [0.1, 0.15) is 31.2 Å². The summed E-state index contributed by atoms with van der Waals surface area (Å²) in [6, 6.07) is 4.62. The molecule has 0 aliphatic heterocycles. The lowest BCUT2D eigenvalue weighted by molar-refractivity contribution is -0.384. The Kier molecular flexibility index (Phi) is 6.58. The van der Waals surface area contributed by atoms with E-state index in [-0.39, 0.29) is 28.5 Å². The minimum Gasteiger partial charge on any atom is -0.364 e. The molecule has 1 aliphatic carbocycles. The Morgan fingerprint density at radius 2 is 2.04 bits per heavy atom. The molecule has 0 atom stereocenters. The zero-order valence-corrected chi connectivity index (χ0v) is 16.0. The van der Waals surface area contributed by atoms with E-state index in [1.807, 2.05) is 0 Å². The van der Waals surface area contributed by atoms with Crippen LogP contribution in [-0.2, 0) is 6.54 Å². The van der Waals surface area contributed by atoms with Crippen molar-refractivity contribution in [2.75, 3.05) is 17.2 Å². The predicted molar refractivity (Wildman–Crippen MR) is 106 cm³/mol. The fourth-order valence-electron chi connectivity index (χ4n) is 3.19. The highest BCUT2D eigenvalue weighted by molar-refractivity contribution is 6.30. The van der Waals surface area contributed by atoms with Crippen LogP contribution in [0.3, 0.4) is 0 Å². The number of hydrogen-bond donors (Lipinski definition) is 3. The summed E-state index contributed by atoms with van der Waals surface area (Å²) < 4.78 is 13.2. The van der Waals surface area contributed by atoms with Gasteiger partial charge in [-0.05, 0) is 49.3 Å². The molecule has 1 aromatic heterocycles. The summed E-state index contributed by atoms with van der Waals surface area (Å²) in [5, 5.41) is 17.4. The average Bonchev–Trinajstić information content (AvgIpc) is 2.68. The molecule has 1 saturated carbocycles. The number of aromatic nitrogens is 2. The lowest BCUT2D eigenvalue weighted by Gasteiger charge is -2.26. The predicted octanol–water partition coefficient (Wildman–Crippen LogP) is 3.72. The molecule has 0 radical (unpaired) electrons. The SMILES string of the molecule is NC1CCC(CNc2nc(NCc3ccc(F)c(Cl)c3)ncc2[N+](=O)[O-])CC1. The second-order valence-corrected chi connectivity index (χ2v) is 7.36. The number of anilines is 2. The first kappa shape index (κ1) is 20.2. The highest BCUT2D eigenvalue weighted by atomic mass is 35.5. The molecule has 4 N–H and O–H groups in total. The molecule has 8 nitrogen and oxygen atoms in total. The van der Waals surface area contributed by atoms with E-state index in [4.69, 9.17) is 17.3 Å². The van der Waals surface area contributed by atoms with Gasteiger partial charge in [0.1, 0.15) is 12.0 Å². The van der Waals surface area contributed by atoms with Crippen LogP contribution in [-0.4, -0.2) is 27.5 Å². The van der Waals surface area contributed by atoms with Crippen LogP contribution in [0, 0.1) is 21.8 Å². The van der Waals surface area contributed by atoms with Crippen LogP contribution in [0.15, 0.2) is 24.4 Å². The summed E-state index contributed by atoms with van der Waals surface area (Å²) in [5.41, 5.74) is 6.48.